The zero-order valence-corrected chi connectivity index (χ0v) is 11.7. The van der Waals surface area contributed by atoms with Crippen LogP contribution in [0, 0.1) is 0 Å². The quantitative estimate of drug-likeness (QED) is 0.841. The van der Waals surface area contributed by atoms with Crippen LogP contribution in [0.5, 0.6) is 0 Å². The second-order valence-electron chi connectivity index (χ2n) is 4.36. The molecule has 2 amide bonds. The predicted octanol–water partition coefficient (Wildman–Crippen LogP) is 1.76. The summed E-state index contributed by atoms with van der Waals surface area (Å²) in [7, 11) is 0. The molecule has 0 spiro atoms. The number of piperazine rings is 1. The van der Waals surface area contributed by atoms with Crippen LogP contribution < -0.4 is 5.32 Å². The number of nitrogens with zero attached hydrogens (tertiary/aromatic N) is 1. The standard InChI is InChI=1S/C11H17F3N2O2S/c1-3-10(4-2)9(18)16(7-8(17)15-10)5-6-19-11(12,13)14/h3-7H2,1-2H3,(H,15,17). The lowest BCUT2D eigenvalue weighted by Gasteiger charge is -2.41. The summed E-state index contributed by atoms with van der Waals surface area (Å²) in [5, 5.41) is 2.66. The summed E-state index contributed by atoms with van der Waals surface area (Å²) < 4.78 is 36.1. The van der Waals surface area contributed by atoms with Gasteiger partial charge in [0.1, 0.15) is 5.54 Å². The molecule has 0 unspecified atom stereocenters. The van der Waals surface area contributed by atoms with Gasteiger partial charge in [0, 0.05) is 12.3 Å². The Morgan fingerprint density at radius 3 is 2.37 bits per heavy atom. The van der Waals surface area contributed by atoms with Crippen LogP contribution >= 0.6 is 11.8 Å². The van der Waals surface area contributed by atoms with Gasteiger partial charge in [0.05, 0.1) is 6.54 Å². The fourth-order valence-corrected chi connectivity index (χ4v) is 2.63. The number of amides is 2. The van der Waals surface area contributed by atoms with E-state index < -0.39 is 11.0 Å². The third kappa shape index (κ3) is 4.02. The van der Waals surface area contributed by atoms with Crippen LogP contribution in [-0.4, -0.2) is 46.6 Å². The molecule has 0 radical (unpaired) electrons. The van der Waals surface area contributed by atoms with Crippen molar-refractivity contribution < 1.29 is 22.8 Å². The maximum Gasteiger partial charge on any atom is 0.441 e. The molecule has 0 atom stereocenters. The van der Waals surface area contributed by atoms with Gasteiger partial charge in [-0.2, -0.15) is 13.2 Å². The topological polar surface area (TPSA) is 49.4 Å². The molecule has 0 aromatic rings. The Morgan fingerprint density at radius 1 is 1.32 bits per heavy atom. The summed E-state index contributed by atoms with van der Waals surface area (Å²) in [6.45, 7) is 3.31. The van der Waals surface area contributed by atoms with E-state index in [1.807, 2.05) is 0 Å². The highest BCUT2D eigenvalue weighted by molar-refractivity contribution is 8.00. The molecular weight excluding hydrogens is 281 g/mol. The Hall–Kier alpha value is -0.920. The van der Waals surface area contributed by atoms with Gasteiger partial charge >= 0.3 is 5.51 Å². The Balaban J connectivity index is 2.67. The Kier molecular flexibility index (Phi) is 5.11. The first-order chi connectivity index (χ1) is 8.74. The maximum atomic E-state index is 12.2. The molecule has 4 nitrogen and oxygen atoms in total. The third-order valence-electron chi connectivity index (χ3n) is 3.24. The number of halogens is 3. The van der Waals surface area contributed by atoms with Crippen molar-refractivity contribution in [3.8, 4) is 0 Å². The van der Waals surface area contributed by atoms with Crippen LogP contribution in [0.3, 0.4) is 0 Å². The second kappa shape index (κ2) is 6.02. The summed E-state index contributed by atoms with van der Waals surface area (Å²) >= 11 is -0.180. The van der Waals surface area contributed by atoms with E-state index in [9.17, 15) is 22.8 Å². The van der Waals surface area contributed by atoms with E-state index >= 15 is 0 Å². The summed E-state index contributed by atoms with van der Waals surface area (Å²) in [6.07, 6.45) is 0.855. The van der Waals surface area contributed by atoms with Crippen molar-refractivity contribution in [3.63, 3.8) is 0 Å². The van der Waals surface area contributed by atoms with Gasteiger partial charge in [0.25, 0.3) is 0 Å². The fraction of sp³-hybridized carbons (Fsp3) is 0.818. The van der Waals surface area contributed by atoms with Gasteiger partial charge in [0.2, 0.25) is 11.8 Å². The molecule has 1 rings (SSSR count). The van der Waals surface area contributed by atoms with E-state index in [0.717, 1.165) is 0 Å². The first-order valence-corrected chi connectivity index (χ1v) is 7.03. The van der Waals surface area contributed by atoms with Crippen LogP contribution in [0.1, 0.15) is 26.7 Å². The zero-order chi connectivity index (χ0) is 14.7. The van der Waals surface area contributed by atoms with Crippen LogP contribution in [0.4, 0.5) is 13.2 Å². The van der Waals surface area contributed by atoms with Gasteiger partial charge in [0.15, 0.2) is 0 Å². The summed E-state index contributed by atoms with van der Waals surface area (Å²) in [6, 6.07) is 0. The van der Waals surface area contributed by atoms with Crippen molar-refractivity contribution in [2.75, 3.05) is 18.8 Å². The van der Waals surface area contributed by atoms with E-state index in [4.69, 9.17) is 0 Å². The molecule has 0 aromatic carbocycles. The minimum absolute atomic E-state index is 0.0713. The first kappa shape index (κ1) is 16.1. The lowest BCUT2D eigenvalue weighted by atomic mass is 9.89. The summed E-state index contributed by atoms with van der Waals surface area (Å²) in [4.78, 5) is 25.0. The highest BCUT2D eigenvalue weighted by Crippen LogP contribution is 2.30. The Labute approximate surface area is 114 Å². The lowest BCUT2D eigenvalue weighted by molar-refractivity contribution is -0.150. The number of rotatable bonds is 5. The molecule has 0 saturated carbocycles. The van der Waals surface area contributed by atoms with Crippen molar-refractivity contribution in [1.29, 1.82) is 0 Å². The van der Waals surface area contributed by atoms with Crippen LogP contribution in [-0.2, 0) is 9.59 Å². The molecule has 1 saturated heterocycles. The zero-order valence-electron chi connectivity index (χ0n) is 10.8. The molecule has 1 fully saturated rings. The number of hydrogen-bond acceptors (Lipinski definition) is 3. The van der Waals surface area contributed by atoms with Crippen LogP contribution in [0.25, 0.3) is 0 Å². The Bertz CT molecular complexity index is 356. The van der Waals surface area contributed by atoms with E-state index in [0.29, 0.717) is 12.8 Å². The van der Waals surface area contributed by atoms with Crippen molar-refractivity contribution in [2.24, 2.45) is 0 Å². The number of alkyl halides is 3. The van der Waals surface area contributed by atoms with Crippen LogP contribution in [0.2, 0.25) is 0 Å². The van der Waals surface area contributed by atoms with E-state index in [2.05, 4.69) is 5.32 Å². The number of nitrogens with one attached hydrogen (secondary N) is 1. The molecule has 1 heterocycles. The van der Waals surface area contributed by atoms with Gasteiger partial charge in [-0.1, -0.05) is 13.8 Å². The molecule has 19 heavy (non-hydrogen) atoms. The predicted molar refractivity (Wildman–Crippen MR) is 66.5 cm³/mol. The number of hydrogen-bond donors (Lipinski definition) is 1. The van der Waals surface area contributed by atoms with Crippen LogP contribution in [0.15, 0.2) is 0 Å². The van der Waals surface area contributed by atoms with Crippen molar-refractivity contribution in [2.45, 2.75) is 37.7 Å². The largest absolute Gasteiger partial charge is 0.441 e. The normalized spacial score (nSPS) is 19.5. The molecule has 0 aliphatic carbocycles. The molecule has 0 bridgehead atoms. The van der Waals surface area contributed by atoms with Crippen molar-refractivity contribution in [3.05, 3.63) is 0 Å². The fourth-order valence-electron chi connectivity index (χ4n) is 2.09. The molecule has 1 aliphatic rings. The molecular formula is C11H17F3N2O2S. The maximum absolute atomic E-state index is 12.2. The highest BCUT2D eigenvalue weighted by Gasteiger charge is 2.44. The average Bonchev–Trinajstić information content (AvgIpc) is 2.31. The van der Waals surface area contributed by atoms with Crippen molar-refractivity contribution in [1.82, 2.24) is 10.2 Å². The van der Waals surface area contributed by atoms with Gasteiger partial charge < -0.3 is 10.2 Å². The molecule has 110 valence electrons. The third-order valence-corrected chi connectivity index (χ3v) is 3.96. The minimum atomic E-state index is -4.31. The first-order valence-electron chi connectivity index (χ1n) is 6.05. The van der Waals surface area contributed by atoms with Gasteiger partial charge in [-0.15, -0.1) is 0 Å². The monoisotopic (exact) mass is 298 g/mol. The summed E-state index contributed by atoms with van der Waals surface area (Å²) in [5.74, 6) is -0.869. The van der Waals surface area contributed by atoms with E-state index in [-0.39, 0.29) is 42.4 Å². The summed E-state index contributed by atoms with van der Waals surface area (Å²) in [5.41, 5.74) is -5.27. The molecule has 0 aromatic heterocycles. The number of thioether (sulfide) groups is 1. The molecule has 1 N–H and O–H groups in total. The lowest BCUT2D eigenvalue weighted by Crippen LogP contribution is -2.66. The molecule has 8 heteroatoms. The number of carbonyl (C=O) groups is 2. The van der Waals surface area contributed by atoms with E-state index in [1.54, 1.807) is 13.8 Å². The Morgan fingerprint density at radius 2 is 1.89 bits per heavy atom. The molecule has 1 aliphatic heterocycles. The smallest absolute Gasteiger partial charge is 0.340 e. The number of carbonyl (C=O) groups excluding carboxylic acids is 2. The minimum Gasteiger partial charge on any atom is -0.340 e. The van der Waals surface area contributed by atoms with Gasteiger partial charge in [-0.3, -0.25) is 9.59 Å². The van der Waals surface area contributed by atoms with E-state index in [1.165, 1.54) is 4.90 Å². The van der Waals surface area contributed by atoms with Gasteiger partial charge in [-0.25, -0.2) is 0 Å². The average molecular weight is 298 g/mol. The van der Waals surface area contributed by atoms with Crippen molar-refractivity contribution >= 4 is 23.6 Å². The highest BCUT2D eigenvalue weighted by atomic mass is 32.2. The second-order valence-corrected chi connectivity index (χ2v) is 5.52. The SMILES string of the molecule is CCC1(CC)NC(=O)CN(CCSC(F)(F)F)C1=O. The van der Waals surface area contributed by atoms with Gasteiger partial charge in [-0.05, 0) is 24.6 Å².